The SMILES string of the molecule is CCOc1c(OC)cccc1[C@@H]1C(C(=O)OCCOC)=C(C)N=c2s/c(=C/c3ccc(-c4cc(Cl)ccc4Cl)o3)c(=O)n21. The van der Waals surface area contributed by atoms with E-state index in [0.717, 1.165) is 0 Å². The summed E-state index contributed by atoms with van der Waals surface area (Å²) >= 11 is 13.7. The molecule has 0 N–H and O–H groups in total. The highest BCUT2D eigenvalue weighted by Crippen LogP contribution is 2.41. The zero-order valence-electron chi connectivity index (χ0n) is 23.8. The van der Waals surface area contributed by atoms with E-state index >= 15 is 0 Å². The van der Waals surface area contributed by atoms with E-state index in [1.807, 2.05) is 6.92 Å². The number of furan rings is 1. The van der Waals surface area contributed by atoms with E-state index in [0.29, 0.717) is 65.8 Å². The molecule has 0 radical (unpaired) electrons. The maximum absolute atomic E-state index is 14.1. The van der Waals surface area contributed by atoms with Gasteiger partial charge in [0.2, 0.25) is 0 Å². The van der Waals surface area contributed by atoms with Gasteiger partial charge in [0.05, 0.1) is 41.1 Å². The predicted molar refractivity (Wildman–Crippen MR) is 165 cm³/mol. The molecule has 0 saturated heterocycles. The highest BCUT2D eigenvalue weighted by molar-refractivity contribution is 7.07. The number of thiazole rings is 1. The fourth-order valence-electron chi connectivity index (χ4n) is 4.77. The highest BCUT2D eigenvalue weighted by Gasteiger charge is 2.36. The molecule has 0 spiro atoms. The lowest BCUT2D eigenvalue weighted by Gasteiger charge is -2.27. The Bertz CT molecular complexity index is 1890. The summed E-state index contributed by atoms with van der Waals surface area (Å²) in [5.41, 5.74) is 1.44. The molecular formula is C31H28Cl2N2O7S. The van der Waals surface area contributed by atoms with Crippen LogP contribution in [0.3, 0.4) is 0 Å². The Morgan fingerprint density at radius 2 is 1.95 bits per heavy atom. The second-order valence-corrected chi connectivity index (χ2v) is 11.2. The first-order chi connectivity index (χ1) is 20.8. The van der Waals surface area contributed by atoms with Crippen molar-refractivity contribution < 1.29 is 28.2 Å². The van der Waals surface area contributed by atoms with Crippen LogP contribution in [0.2, 0.25) is 10.0 Å². The van der Waals surface area contributed by atoms with Crippen molar-refractivity contribution in [1.29, 1.82) is 0 Å². The van der Waals surface area contributed by atoms with Crippen molar-refractivity contribution in [1.82, 2.24) is 4.57 Å². The fourth-order valence-corrected chi connectivity index (χ4v) is 6.18. The first-order valence-corrected chi connectivity index (χ1v) is 14.9. The van der Waals surface area contributed by atoms with Gasteiger partial charge in [-0.1, -0.05) is 46.7 Å². The summed E-state index contributed by atoms with van der Waals surface area (Å²) in [4.78, 5) is 32.6. The van der Waals surface area contributed by atoms with E-state index < -0.39 is 12.0 Å². The van der Waals surface area contributed by atoms with Gasteiger partial charge in [-0.3, -0.25) is 9.36 Å². The first kappa shape index (κ1) is 30.6. The van der Waals surface area contributed by atoms with Crippen molar-refractivity contribution in [3.05, 3.63) is 101 Å². The molecule has 0 aliphatic carbocycles. The number of aromatic nitrogens is 1. The standard InChI is InChI=1S/C31H28Cl2N2O7S/c1-5-40-28-20(7-6-8-24(28)39-4)27-26(30(37)41-14-13-38-3)17(2)34-31-35(27)29(36)25(43-31)16-19-10-12-23(42-19)21-15-18(32)9-11-22(21)33/h6-12,15-16,27H,5,13-14H2,1-4H3/b25-16+/t27-/m1/s1. The molecule has 0 bridgehead atoms. The molecule has 224 valence electrons. The minimum Gasteiger partial charge on any atom is -0.493 e. The number of rotatable bonds is 10. The fraction of sp³-hybridized carbons (Fsp3) is 0.258. The number of allylic oxidation sites excluding steroid dienone is 1. The summed E-state index contributed by atoms with van der Waals surface area (Å²) in [5.74, 6) is 1.19. The number of carbonyl (C=O) groups excluding carboxylic acids is 1. The van der Waals surface area contributed by atoms with Crippen LogP contribution >= 0.6 is 34.5 Å². The lowest BCUT2D eigenvalue weighted by atomic mass is 9.94. The summed E-state index contributed by atoms with van der Waals surface area (Å²) in [6.45, 7) is 4.15. The van der Waals surface area contributed by atoms with E-state index in [9.17, 15) is 9.59 Å². The van der Waals surface area contributed by atoms with E-state index in [2.05, 4.69) is 4.99 Å². The lowest BCUT2D eigenvalue weighted by Crippen LogP contribution is -2.40. The Labute approximate surface area is 261 Å². The van der Waals surface area contributed by atoms with Gasteiger partial charge in [-0.05, 0) is 50.2 Å². The number of hydrogen-bond acceptors (Lipinski definition) is 9. The largest absolute Gasteiger partial charge is 0.493 e. The van der Waals surface area contributed by atoms with Crippen molar-refractivity contribution in [2.24, 2.45) is 4.99 Å². The summed E-state index contributed by atoms with van der Waals surface area (Å²) < 4.78 is 30.0. The lowest BCUT2D eigenvalue weighted by molar-refractivity contribution is -0.140. The van der Waals surface area contributed by atoms with Gasteiger partial charge >= 0.3 is 5.97 Å². The van der Waals surface area contributed by atoms with E-state index in [1.165, 1.54) is 30.1 Å². The van der Waals surface area contributed by atoms with Crippen LogP contribution in [0.4, 0.5) is 0 Å². The molecule has 9 nitrogen and oxygen atoms in total. The van der Waals surface area contributed by atoms with E-state index in [4.69, 9.17) is 46.6 Å². The van der Waals surface area contributed by atoms with Gasteiger partial charge in [-0.25, -0.2) is 9.79 Å². The molecule has 2 aromatic carbocycles. The Balaban J connectivity index is 1.67. The molecule has 4 aromatic rings. The van der Waals surface area contributed by atoms with Crippen LogP contribution < -0.4 is 24.4 Å². The Hall–Kier alpha value is -3.83. The van der Waals surface area contributed by atoms with Crippen LogP contribution in [0.5, 0.6) is 11.5 Å². The molecule has 1 aliphatic heterocycles. The molecule has 0 amide bonds. The van der Waals surface area contributed by atoms with Crippen LogP contribution in [0.1, 0.15) is 31.2 Å². The molecule has 1 aliphatic rings. The molecule has 43 heavy (non-hydrogen) atoms. The van der Waals surface area contributed by atoms with Gasteiger partial charge in [-0.15, -0.1) is 0 Å². The summed E-state index contributed by atoms with van der Waals surface area (Å²) in [5, 5.41) is 0.995. The zero-order valence-corrected chi connectivity index (χ0v) is 26.1. The number of nitrogens with zero attached hydrogens (tertiary/aromatic N) is 2. The summed E-state index contributed by atoms with van der Waals surface area (Å²) in [6.07, 6.45) is 1.63. The van der Waals surface area contributed by atoms with Crippen molar-refractivity contribution in [3.63, 3.8) is 0 Å². The van der Waals surface area contributed by atoms with Gasteiger partial charge in [-0.2, -0.15) is 0 Å². The first-order valence-electron chi connectivity index (χ1n) is 13.3. The highest BCUT2D eigenvalue weighted by atomic mass is 35.5. The summed E-state index contributed by atoms with van der Waals surface area (Å²) in [6, 6.07) is 13.0. The maximum Gasteiger partial charge on any atom is 0.338 e. The zero-order chi connectivity index (χ0) is 30.7. The number of methoxy groups -OCH3 is 2. The van der Waals surface area contributed by atoms with Crippen LogP contribution in [0.15, 0.2) is 74.0 Å². The third-order valence-electron chi connectivity index (χ3n) is 6.67. The van der Waals surface area contributed by atoms with Crippen LogP contribution in [0, 0.1) is 0 Å². The number of carbonyl (C=O) groups is 1. The molecule has 3 heterocycles. The Morgan fingerprint density at radius 1 is 1.14 bits per heavy atom. The van der Waals surface area contributed by atoms with Crippen molar-refractivity contribution in [3.8, 4) is 22.8 Å². The molecule has 12 heteroatoms. The number of halogens is 2. The minimum absolute atomic E-state index is 0.0388. The third-order valence-corrected chi connectivity index (χ3v) is 8.22. The van der Waals surface area contributed by atoms with Crippen molar-refractivity contribution in [2.45, 2.75) is 19.9 Å². The molecule has 5 rings (SSSR count). The van der Waals surface area contributed by atoms with E-state index in [1.54, 1.807) is 61.5 Å². The Kier molecular flexibility index (Phi) is 9.41. The molecule has 0 fully saturated rings. The second-order valence-electron chi connectivity index (χ2n) is 9.35. The van der Waals surface area contributed by atoms with Gasteiger partial charge in [0.25, 0.3) is 5.56 Å². The minimum atomic E-state index is -0.900. The molecule has 0 saturated carbocycles. The molecule has 2 aromatic heterocycles. The molecule has 1 atom stereocenters. The number of benzene rings is 2. The van der Waals surface area contributed by atoms with Gasteiger partial charge in [0, 0.05) is 29.3 Å². The number of esters is 1. The average Bonchev–Trinajstić information content (AvgIpc) is 3.58. The van der Waals surface area contributed by atoms with E-state index in [-0.39, 0.29) is 24.3 Å². The summed E-state index contributed by atoms with van der Waals surface area (Å²) in [7, 11) is 3.05. The van der Waals surface area contributed by atoms with Gasteiger partial charge < -0.3 is 23.4 Å². The number of para-hydroxylation sites is 1. The van der Waals surface area contributed by atoms with Crippen molar-refractivity contribution >= 4 is 46.6 Å². The monoisotopic (exact) mass is 642 g/mol. The van der Waals surface area contributed by atoms with Gasteiger partial charge in [0.1, 0.15) is 24.2 Å². The van der Waals surface area contributed by atoms with Crippen molar-refractivity contribution in [2.75, 3.05) is 34.0 Å². The van der Waals surface area contributed by atoms with Crippen LogP contribution in [0.25, 0.3) is 17.4 Å². The normalized spacial score (nSPS) is 14.8. The third kappa shape index (κ3) is 6.14. The maximum atomic E-state index is 14.1. The number of fused-ring (bicyclic) bond motifs is 1. The smallest absolute Gasteiger partial charge is 0.338 e. The van der Waals surface area contributed by atoms with Crippen LogP contribution in [-0.4, -0.2) is 44.6 Å². The quantitative estimate of drug-likeness (QED) is 0.169. The topological polar surface area (TPSA) is 101 Å². The molecular weight excluding hydrogens is 615 g/mol. The molecule has 0 unspecified atom stereocenters. The average molecular weight is 644 g/mol. The second kappa shape index (κ2) is 13.2. The Morgan fingerprint density at radius 3 is 2.70 bits per heavy atom. The predicted octanol–water partition coefficient (Wildman–Crippen LogP) is 5.40. The van der Waals surface area contributed by atoms with Crippen LogP contribution in [-0.2, 0) is 14.3 Å². The number of hydrogen-bond donors (Lipinski definition) is 0. The number of ether oxygens (including phenoxy) is 4. The van der Waals surface area contributed by atoms with Gasteiger partial charge in [0.15, 0.2) is 16.3 Å².